The molecule has 1 aromatic rings. The fraction of sp³-hybridized carbons (Fsp3) is 0.538. The number of hydrogen-bond donors (Lipinski definition) is 2. The normalized spacial score (nSPS) is 13.1. The Kier molecular flexibility index (Phi) is 4.96. The molecule has 1 atom stereocenters. The van der Waals surface area contributed by atoms with Gasteiger partial charge in [-0.15, -0.1) is 11.6 Å². The second kappa shape index (κ2) is 6.05. The van der Waals surface area contributed by atoms with Crippen molar-refractivity contribution in [2.45, 2.75) is 33.2 Å². The number of aromatic amines is 1. The van der Waals surface area contributed by atoms with Gasteiger partial charge in [0.15, 0.2) is 0 Å². The Morgan fingerprint density at radius 3 is 2.56 bits per heavy atom. The minimum Gasteiger partial charge on any atom is -0.349 e. The van der Waals surface area contributed by atoms with E-state index in [9.17, 15) is 9.59 Å². The molecule has 2 N–H and O–H groups in total. The van der Waals surface area contributed by atoms with Gasteiger partial charge in [0.1, 0.15) is 0 Å². The first-order valence-corrected chi connectivity index (χ1v) is 6.43. The van der Waals surface area contributed by atoms with E-state index in [0.717, 1.165) is 0 Å². The van der Waals surface area contributed by atoms with E-state index in [0.29, 0.717) is 17.9 Å². The van der Waals surface area contributed by atoms with Crippen molar-refractivity contribution in [3.63, 3.8) is 0 Å². The van der Waals surface area contributed by atoms with E-state index in [-0.39, 0.29) is 22.9 Å². The number of aromatic nitrogens is 1. The predicted octanol–water partition coefficient (Wildman–Crippen LogP) is 2.15. The van der Waals surface area contributed by atoms with E-state index in [1.54, 1.807) is 0 Å². The average molecular weight is 271 g/mol. The van der Waals surface area contributed by atoms with Crippen molar-refractivity contribution in [2.75, 3.05) is 5.88 Å². The molecule has 1 heterocycles. The average Bonchev–Trinajstić information content (AvgIpc) is 2.28. The highest BCUT2D eigenvalue weighted by molar-refractivity contribution is 6.17. The zero-order valence-corrected chi connectivity index (χ0v) is 11.7. The molecule has 0 aliphatic carbocycles. The Balaban J connectivity index is 2.78. The molecule has 1 unspecified atom stereocenters. The van der Waals surface area contributed by atoms with Crippen LogP contribution in [-0.2, 0) is 0 Å². The summed E-state index contributed by atoms with van der Waals surface area (Å²) in [6.07, 6.45) is 2.12. The van der Waals surface area contributed by atoms with E-state index in [4.69, 9.17) is 11.6 Å². The quantitative estimate of drug-likeness (QED) is 0.824. The molecule has 100 valence electrons. The minimum absolute atomic E-state index is 0.00516. The first-order chi connectivity index (χ1) is 8.34. The van der Waals surface area contributed by atoms with Gasteiger partial charge in [-0.3, -0.25) is 9.59 Å². The van der Waals surface area contributed by atoms with Gasteiger partial charge in [0.25, 0.3) is 5.91 Å². The smallest absolute Gasteiger partial charge is 0.252 e. The molecule has 1 amide bonds. The highest BCUT2D eigenvalue weighted by atomic mass is 35.5. The second-order valence-electron chi connectivity index (χ2n) is 5.31. The maximum atomic E-state index is 12.0. The Bertz CT molecular complexity index is 442. The van der Waals surface area contributed by atoms with Crippen LogP contribution in [0.1, 0.15) is 37.6 Å². The maximum Gasteiger partial charge on any atom is 0.252 e. The summed E-state index contributed by atoms with van der Waals surface area (Å²) < 4.78 is 0. The monoisotopic (exact) mass is 270 g/mol. The molecular formula is C13H19ClN2O2. The van der Waals surface area contributed by atoms with Gasteiger partial charge in [-0.1, -0.05) is 20.8 Å². The number of pyridine rings is 1. The van der Waals surface area contributed by atoms with E-state index < -0.39 is 0 Å². The standard InChI is InChI=1S/C13H19ClN2O2/c1-13(2,3)10(6-7-14)16-12(18)9-4-5-11(17)15-8-9/h4-5,8,10H,6-7H2,1-3H3,(H,15,17)(H,16,18). The number of amides is 1. The molecular weight excluding hydrogens is 252 g/mol. The van der Waals surface area contributed by atoms with Crippen LogP contribution in [0.25, 0.3) is 0 Å². The Morgan fingerprint density at radius 1 is 1.44 bits per heavy atom. The maximum absolute atomic E-state index is 12.0. The molecule has 0 saturated carbocycles. The third-order valence-electron chi connectivity index (χ3n) is 2.79. The van der Waals surface area contributed by atoms with Crippen LogP contribution in [0, 0.1) is 5.41 Å². The lowest BCUT2D eigenvalue weighted by atomic mass is 9.85. The molecule has 0 spiro atoms. The van der Waals surface area contributed by atoms with E-state index in [2.05, 4.69) is 31.1 Å². The topological polar surface area (TPSA) is 62.0 Å². The van der Waals surface area contributed by atoms with Gasteiger partial charge in [-0.2, -0.15) is 0 Å². The number of H-pyrrole nitrogens is 1. The lowest BCUT2D eigenvalue weighted by molar-refractivity contribution is 0.0900. The third-order valence-corrected chi connectivity index (χ3v) is 3.01. The predicted molar refractivity (Wildman–Crippen MR) is 73.1 cm³/mol. The Hall–Kier alpha value is -1.29. The van der Waals surface area contributed by atoms with Crippen molar-refractivity contribution in [3.05, 3.63) is 34.2 Å². The number of carbonyl (C=O) groups is 1. The van der Waals surface area contributed by atoms with Gasteiger partial charge in [0.05, 0.1) is 5.56 Å². The molecule has 0 saturated heterocycles. The van der Waals surface area contributed by atoms with Crippen molar-refractivity contribution < 1.29 is 4.79 Å². The molecule has 0 fully saturated rings. The number of halogens is 1. The van der Waals surface area contributed by atoms with Crippen LogP contribution in [0.4, 0.5) is 0 Å². The first kappa shape index (κ1) is 14.8. The fourth-order valence-corrected chi connectivity index (χ4v) is 1.84. The van der Waals surface area contributed by atoms with Crippen LogP contribution >= 0.6 is 11.6 Å². The molecule has 5 heteroatoms. The summed E-state index contributed by atoms with van der Waals surface area (Å²) in [5, 5.41) is 2.95. The van der Waals surface area contributed by atoms with Crippen molar-refractivity contribution >= 4 is 17.5 Å². The summed E-state index contributed by atoms with van der Waals surface area (Å²) in [5.74, 6) is 0.296. The largest absolute Gasteiger partial charge is 0.349 e. The van der Waals surface area contributed by atoms with Crippen LogP contribution in [0.5, 0.6) is 0 Å². The molecule has 18 heavy (non-hydrogen) atoms. The van der Waals surface area contributed by atoms with Crippen LogP contribution < -0.4 is 10.9 Å². The number of nitrogens with one attached hydrogen (secondary N) is 2. The number of carbonyl (C=O) groups excluding carboxylic acids is 1. The molecule has 0 bridgehead atoms. The van der Waals surface area contributed by atoms with Crippen LogP contribution in [0.15, 0.2) is 23.1 Å². The summed E-state index contributed by atoms with van der Waals surface area (Å²) in [6, 6.07) is 2.84. The van der Waals surface area contributed by atoms with Crippen LogP contribution in [0.2, 0.25) is 0 Å². The number of hydrogen-bond acceptors (Lipinski definition) is 2. The van der Waals surface area contributed by atoms with Gasteiger partial charge < -0.3 is 10.3 Å². The van der Waals surface area contributed by atoms with Gasteiger partial charge in [0.2, 0.25) is 5.56 Å². The van der Waals surface area contributed by atoms with Crippen LogP contribution in [0.3, 0.4) is 0 Å². The van der Waals surface area contributed by atoms with Gasteiger partial charge in [-0.25, -0.2) is 0 Å². The second-order valence-corrected chi connectivity index (χ2v) is 5.69. The molecule has 0 radical (unpaired) electrons. The zero-order chi connectivity index (χ0) is 13.8. The zero-order valence-electron chi connectivity index (χ0n) is 10.9. The summed E-state index contributed by atoms with van der Waals surface area (Å²) in [6.45, 7) is 6.16. The third kappa shape index (κ3) is 4.18. The van der Waals surface area contributed by atoms with E-state index in [1.165, 1.54) is 18.3 Å². The van der Waals surface area contributed by atoms with Gasteiger partial charge in [-0.05, 0) is 17.9 Å². The molecule has 4 nitrogen and oxygen atoms in total. The van der Waals surface area contributed by atoms with E-state index >= 15 is 0 Å². The molecule has 0 aliphatic heterocycles. The lowest BCUT2D eigenvalue weighted by Crippen LogP contribution is -2.44. The summed E-state index contributed by atoms with van der Waals surface area (Å²) in [4.78, 5) is 25.4. The number of alkyl halides is 1. The summed E-state index contributed by atoms with van der Waals surface area (Å²) in [5.41, 5.74) is 0.158. The Labute approximate surface area is 112 Å². The number of rotatable bonds is 4. The van der Waals surface area contributed by atoms with Crippen molar-refractivity contribution in [3.8, 4) is 0 Å². The van der Waals surface area contributed by atoms with Gasteiger partial charge >= 0.3 is 0 Å². The minimum atomic E-state index is -0.223. The summed E-state index contributed by atoms with van der Waals surface area (Å²) in [7, 11) is 0. The molecule has 1 aromatic heterocycles. The molecule has 0 aliphatic rings. The lowest BCUT2D eigenvalue weighted by Gasteiger charge is -2.31. The highest BCUT2D eigenvalue weighted by Gasteiger charge is 2.25. The van der Waals surface area contributed by atoms with Crippen LogP contribution in [-0.4, -0.2) is 22.8 Å². The van der Waals surface area contributed by atoms with Crippen molar-refractivity contribution in [2.24, 2.45) is 5.41 Å². The molecule has 0 aromatic carbocycles. The van der Waals surface area contributed by atoms with Crippen molar-refractivity contribution in [1.82, 2.24) is 10.3 Å². The molecule has 1 rings (SSSR count). The van der Waals surface area contributed by atoms with E-state index in [1.807, 2.05) is 0 Å². The van der Waals surface area contributed by atoms with Gasteiger partial charge in [0, 0.05) is 24.2 Å². The fourth-order valence-electron chi connectivity index (χ4n) is 1.62. The summed E-state index contributed by atoms with van der Waals surface area (Å²) >= 11 is 5.75. The Morgan fingerprint density at radius 2 is 2.11 bits per heavy atom. The first-order valence-electron chi connectivity index (χ1n) is 5.90. The highest BCUT2D eigenvalue weighted by Crippen LogP contribution is 2.22. The SMILES string of the molecule is CC(C)(C)C(CCCl)NC(=O)c1ccc(=O)[nH]c1. The van der Waals surface area contributed by atoms with Crippen molar-refractivity contribution in [1.29, 1.82) is 0 Å².